The van der Waals surface area contributed by atoms with Gasteiger partial charge in [0.25, 0.3) is 5.91 Å². The van der Waals surface area contributed by atoms with Gasteiger partial charge in [-0.2, -0.15) is 0 Å². The Labute approximate surface area is 142 Å². The van der Waals surface area contributed by atoms with E-state index in [0.29, 0.717) is 18.4 Å². The van der Waals surface area contributed by atoms with E-state index in [0.717, 1.165) is 19.1 Å². The van der Waals surface area contributed by atoms with E-state index in [4.69, 9.17) is 0 Å². The van der Waals surface area contributed by atoms with Gasteiger partial charge in [0.05, 0.1) is 16.4 Å². The van der Waals surface area contributed by atoms with E-state index in [9.17, 15) is 23.1 Å². The summed E-state index contributed by atoms with van der Waals surface area (Å²) in [5.41, 5.74) is -0.0459. The highest BCUT2D eigenvalue weighted by atomic mass is 32.2. The van der Waals surface area contributed by atoms with Crippen molar-refractivity contribution in [1.82, 2.24) is 5.32 Å². The average molecular weight is 353 g/mol. The standard InChI is InChI=1S/C17H23NO5S/c1-11-7-8-12(10-14(11)24(3,22)23)15(19)18-17(2)9-5-4-6-13(17)16(20)21/h7-8,10,13H,4-6,9H2,1-3H3,(H,18,19)(H,20,21). The highest BCUT2D eigenvalue weighted by Gasteiger charge is 2.42. The molecule has 1 saturated carbocycles. The zero-order valence-electron chi connectivity index (χ0n) is 14.1. The largest absolute Gasteiger partial charge is 0.481 e. The van der Waals surface area contributed by atoms with Gasteiger partial charge < -0.3 is 10.4 Å². The minimum Gasteiger partial charge on any atom is -0.481 e. The number of carbonyl (C=O) groups excluding carboxylic acids is 1. The van der Waals surface area contributed by atoms with Gasteiger partial charge in [0.15, 0.2) is 9.84 Å². The monoisotopic (exact) mass is 353 g/mol. The Balaban J connectivity index is 2.31. The molecule has 7 heteroatoms. The van der Waals surface area contributed by atoms with E-state index in [2.05, 4.69) is 5.32 Å². The fraction of sp³-hybridized carbons (Fsp3) is 0.529. The summed E-state index contributed by atoms with van der Waals surface area (Å²) >= 11 is 0. The molecule has 0 bridgehead atoms. The molecule has 2 atom stereocenters. The van der Waals surface area contributed by atoms with Crippen LogP contribution in [0.4, 0.5) is 0 Å². The van der Waals surface area contributed by atoms with Gasteiger partial charge in [-0.1, -0.05) is 18.9 Å². The molecule has 1 aromatic carbocycles. The predicted molar refractivity (Wildman–Crippen MR) is 89.8 cm³/mol. The summed E-state index contributed by atoms with van der Waals surface area (Å²) in [6.07, 6.45) is 3.88. The van der Waals surface area contributed by atoms with Gasteiger partial charge in [0.2, 0.25) is 0 Å². The highest BCUT2D eigenvalue weighted by molar-refractivity contribution is 7.90. The molecule has 1 aromatic rings. The van der Waals surface area contributed by atoms with Gasteiger partial charge in [-0.05, 0) is 44.4 Å². The maximum absolute atomic E-state index is 12.6. The van der Waals surface area contributed by atoms with Crippen LogP contribution in [0.25, 0.3) is 0 Å². The molecule has 0 radical (unpaired) electrons. The molecule has 0 aliphatic heterocycles. The Morgan fingerprint density at radius 3 is 2.54 bits per heavy atom. The number of amides is 1. The molecule has 1 aliphatic carbocycles. The number of benzene rings is 1. The number of nitrogens with one attached hydrogen (secondary N) is 1. The molecule has 0 heterocycles. The van der Waals surface area contributed by atoms with Gasteiger partial charge in [-0.25, -0.2) is 8.42 Å². The number of aliphatic carboxylic acids is 1. The van der Waals surface area contributed by atoms with Crippen LogP contribution in [0, 0.1) is 12.8 Å². The van der Waals surface area contributed by atoms with Crippen LogP contribution < -0.4 is 5.32 Å². The normalized spacial score (nSPS) is 24.4. The van der Waals surface area contributed by atoms with Crippen LogP contribution in [-0.2, 0) is 14.6 Å². The van der Waals surface area contributed by atoms with Crippen molar-refractivity contribution in [3.63, 3.8) is 0 Å². The fourth-order valence-electron chi connectivity index (χ4n) is 3.35. The van der Waals surface area contributed by atoms with Gasteiger partial charge >= 0.3 is 5.97 Å². The third-order valence-electron chi connectivity index (χ3n) is 4.75. The van der Waals surface area contributed by atoms with Gasteiger partial charge in [0.1, 0.15) is 0 Å². The van der Waals surface area contributed by atoms with Crippen LogP contribution in [0.5, 0.6) is 0 Å². The van der Waals surface area contributed by atoms with E-state index < -0.39 is 33.2 Å². The second-order valence-electron chi connectivity index (χ2n) is 6.76. The number of rotatable bonds is 4. The summed E-state index contributed by atoms with van der Waals surface area (Å²) < 4.78 is 23.6. The molecule has 1 fully saturated rings. The Hall–Kier alpha value is -1.89. The van der Waals surface area contributed by atoms with Crippen LogP contribution in [0.2, 0.25) is 0 Å². The molecule has 1 amide bonds. The minimum atomic E-state index is -3.44. The second-order valence-corrected chi connectivity index (χ2v) is 8.74. The van der Waals surface area contributed by atoms with E-state index in [1.807, 2.05) is 0 Å². The smallest absolute Gasteiger partial charge is 0.308 e. The summed E-state index contributed by atoms with van der Waals surface area (Å²) in [4.78, 5) is 24.2. The summed E-state index contributed by atoms with van der Waals surface area (Å²) in [7, 11) is -3.44. The molecule has 2 rings (SSSR count). The van der Waals surface area contributed by atoms with Crippen molar-refractivity contribution >= 4 is 21.7 Å². The van der Waals surface area contributed by atoms with E-state index in [1.54, 1.807) is 26.0 Å². The molecule has 2 N–H and O–H groups in total. The Bertz CT molecular complexity index is 771. The lowest BCUT2D eigenvalue weighted by atomic mass is 9.73. The first-order valence-electron chi connectivity index (χ1n) is 7.90. The molecule has 1 aliphatic rings. The number of aryl methyl sites for hydroxylation is 1. The number of carbonyl (C=O) groups is 2. The fourth-order valence-corrected chi connectivity index (χ4v) is 4.35. The summed E-state index contributed by atoms with van der Waals surface area (Å²) in [5.74, 6) is -2.01. The average Bonchev–Trinajstić information content (AvgIpc) is 2.46. The lowest BCUT2D eigenvalue weighted by Crippen LogP contribution is -2.55. The van der Waals surface area contributed by atoms with Gasteiger partial charge in [-0.3, -0.25) is 9.59 Å². The highest BCUT2D eigenvalue weighted by Crippen LogP contribution is 2.34. The first kappa shape index (κ1) is 18.4. The third-order valence-corrected chi connectivity index (χ3v) is 5.99. The molecule has 132 valence electrons. The minimum absolute atomic E-state index is 0.110. The SMILES string of the molecule is Cc1ccc(C(=O)NC2(C)CCCCC2C(=O)O)cc1S(C)(=O)=O. The van der Waals surface area contributed by atoms with Crippen LogP contribution in [-0.4, -0.2) is 37.2 Å². The molecule has 0 aromatic heterocycles. The molecule has 6 nitrogen and oxygen atoms in total. The Morgan fingerprint density at radius 1 is 1.29 bits per heavy atom. The van der Waals surface area contributed by atoms with Crippen LogP contribution in [0.1, 0.15) is 48.5 Å². The van der Waals surface area contributed by atoms with E-state index >= 15 is 0 Å². The summed E-state index contributed by atoms with van der Waals surface area (Å²) in [5, 5.41) is 12.2. The van der Waals surface area contributed by atoms with E-state index in [-0.39, 0.29) is 10.5 Å². The van der Waals surface area contributed by atoms with Gasteiger partial charge in [-0.15, -0.1) is 0 Å². The molecule has 2 unspecified atom stereocenters. The van der Waals surface area contributed by atoms with Crippen molar-refractivity contribution in [1.29, 1.82) is 0 Å². The predicted octanol–water partition coefficient (Wildman–Crippen LogP) is 2.16. The maximum Gasteiger partial charge on any atom is 0.308 e. The number of hydrogen-bond donors (Lipinski definition) is 2. The summed E-state index contributed by atoms with van der Waals surface area (Å²) in [6.45, 7) is 3.41. The van der Waals surface area contributed by atoms with Crippen molar-refractivity contribution in [3.05, 3.63) is 29.3 Å². The van der Waals surface area contributed by atoms with Crippen molar-refractivity contribution in [2.45, 2.75) is 50.0 Å². The van der Waals surface area contributed by atoms with Crippen LogP contribution in [0.15, 0.2) is 23.1 Å². The van der Waals surface area contributed by atoms with Gasteiger partial charge in [0, 0.05) is 11.8 Å². The zero-order valence-corrected chi connectivity index (χ0v) is 14.9. The topological polar surface area (TPSA) is 101 Å². The second kappa shape index (κ2) is 6.55. The maximum atomic E-state index is 12.6. The number of carboxylic acid groups (broad SMARTS) is 1. The van der Waals surface area contributed by atoms with Crippen molar-refractivity contribution in [2.75, 3.05) is 6.26 Å². The van der Waals surface area contributed by atoms with Crippen LogP contribution >= 0.6 is 0 Å². The lowest BCUT2D eigenvalue weighted by molar-refractivity contribution is -0.145. The molecule has 0 saturated heterocycles. The van der Waals surface area contributed by atoms with Crippen LogP contribution in [0.3, 0.4) is 0 Å². The first-order valence-corrected chi connectivity index (χ1v) is 9.80. The molecule has 24 heavy (non-hydrogen) atoms. The number of carboxylic acids is 1. The molecular weight excluding hydrogens is 330 g/mol. The van der Waals surface area contributed by atoms with Crippen molar-refractivity contribution < 1.29 is 23.1 Å². The van der Waals surface area contributed by atoms with Crippen molar-refractivity contribution in [3.8, 4) is 0 Å². The van der Waals surface area contributed by atoms with Crippen molar-refractivity contribution in [2.24, 2.45) is 5.92 Å². The quantitative estimate of drug-likeness (QED) is 0.864. The zero-order chi connectivity index (χ0) is 18.1. The third kappa shape index (κ3) is 3.77. The Kier molecular flexibility index (Phi) is 5.03. The lowest BCUT2D eigenvalue weighted by Gasteiger charge is -2.39. The number of hydrogen-bond acceptors (Lipinski definition) is 4. The number of sulfone groups is 1. The Morgan fingerprint density at radius 2 is 1.96 bits per heavy atom. The molecular formula is C17H23NO5S. The molecule has 0 spiro atoms. The first-order chi connectivity index (χ1) is 11.0. The van der Waals surface area contributed by atoms with E-state index in [1.165, 1.54) is 6.07 Å². The summed E-state index contributed by atoms with van der Waals surface area (Å²) in [6, 6.07) is 4.49.